The molecule has 4 saturated carbocycles. The van der Waals surface area contributed by atoms with Crippen LogP contribution in [0.4, 0.5) is 0 Å². The summed E-state index contributed by atoms with van der Waals surface area (Å²) in [6.45, 7) is 10.7. The smallest absolute Gasteiger partial charge is 0.338 e. The summed E-state index contributed by atoms with van der Waals surface area (Å²) in [6.07, 6.45) is 11.5. The zero-order valence-corrected chi connectivity index (χ0v) is 26.2. The summed E-state index contributed by atoms with van der Waals surface area (Å²) in [5.41, 5.74) is 1.07. The fraction of sp³-hybridized carbons (Fsp3) is 0.778. The molecule has 8 unspecified atom stereocenters. The number of hydrogen-bond acceptors (Lipinski definition) is 5. The minimum atomic E-state index is -0.686. The molecular formula is C36H52O6. The molecule has 6 heteroatoms. The molecule has 1 saturated heterocycles. The molecule has 5 aliphatic rings. The van der Waals surface area contributed by atoms with Gasteiger partial charge < -0.3 is 19.3 Å². The Labute approximate surface area is 252 Å². The first-order chi connectivity index (χ1) is 20.1. The number of rotatable bonds is 8. The molecule has 4 aliphatic carbocycles. The Morgan fingerprint density at radius 1 is 0.952 bits per heavy atom. The second-order valence-electron chi connectivity index (χ2n) is 15.2. The van der Waals surface area contributed by atoms with E-state index in [1.807, 2.05) is 37.3 Å². The summed E-state index contributed by atoms with van der Waals surface area (Å²) in [4.78, 5) is 24.9. The summed E-state index contributed by atoms with van der Waals surface area (Å²) < 4.78 is 19.0. The summed E-state index contributed by atoms with van der Waals surface area (Å²) >= 11 is 0. The van der Waals surface area contributed by atoms with Crippen LogP contribution >= 0.6 is 0 Å². The number of carboxylic acid groups (broad SMARTS) is 1. The van der Waals surface area contributed by atoms with Crippen LogP contribution in [0.15, 0.2) is 30.3 Å². The molecule has 0 aromatic heterocycles. The second-order valence-corrected chi connectivity index (χ2v) is 15.2. The standard InChI is InChI=1S/C36H52O6/c1-23(9-8-10-24(2)32(37)38)27-13-14-28-31-29(15-16-35(27,28)4)34(3)17-18-36(40-19-20-41-36)22-26(34)21-30(31)42-33(39)25-11-6-5-7-12-25/h5-7,11-12,23-24,26-31H,8-10,13-22H2,1-4H3,(H,37,38)/t23-,24?,26+,27?,28?,29?,30?,31?,34?,35?/m1/s1. The van der Waals surface area contributed by atoms with Crippen LogP contribution in [-0.2, 0) is 19.0 Å². The molecule has 1 aliphatic heterocycles. The lowest BCUT2D eigenvalue weighted by Crippen LogP contribution is -2.60. The molecule has 1 aromatic carbocycles. The van der Waals surface area contributed by atoms with Crippen molar-refractivity contribution in [3.05, 3.63) is 35.9 Å². The van der Waals surface area contributed by atoms with E-state index in [1.54, 1.807) is 0 Å². The number of aliphatic carboxylic acids is 1. The van der Waals surface area contributed by atoms with Crippen LogP contribution in [0.2, 0.25) is 0 Å². The topological polar surface area (TPSA) is 82.1 Å². The monoisotopic (exact) mass is 580 g/mol. The molecule has 5 fully saturated rings. The molecule has 1 aromatic rings. The van der Waals surface area contributed by atoms with E-state index in [1.165, 1.54) is 25.7 Å². The molecule has 1 spiro atoms. The molecule has 0 radical (unpaired) electrons. The Morgan fingerprint density at radius 2 is 1.67 bits per heavy atom. The highest BCUT2D eigenvalue weighted by atomic mass is 16.7. The molecule has 6 nitrogen and oxygen atoms in total. The zero-order valence-electron chi connectivity index (χ0n) is 26.2. The van der Waals surface area contributed by atoms with Gasteiger partial charge in [0.25, 0.3) is 0 Å². The van der Waals surface area contributed by atoms with E-state index in [-0.39, 0.29) is 28.8 Å². The highest BCUT2D eigenvalue weighted by Gasteiger charge is 2.65. The maximum atomic E-state index is 13.5. The lowest BCUT2D eigenvalue weighted by atomic mass is 9.43. The van der Waals surface area contributed by atoms with Gasteiger partial charge in [-0.25, -0.2) is 4.79 Å². The van der Waals surface area contributed by atoms with Gasteiger partial charge in [0, 0.05) is 18.8 Å². The lowest BCUT2D eigenvalue weighted by molar-refractivity contribution is -0.242. The van der Waals surface area contributed by atoms with Crippen molar-refractivity contribution < 1.29 is 28.9 Å². The van der Waals surface area contributed by atoms with Crippen LogP contribution in [0.1, 0.15) is 109 Å². The van der Waals surface area contributed by atoms with Gasteiger partial charge in [-0.2, -0.15) is 0 Å². The lowest BCUT2D eigenvalue weighted by Gasteiger charge is -2.63. The van der Waals surface area contributed by atoms with Gasteiger partial charge in [0.05, 0.1) is 24.7 Å². The van der Waals surface area contributed by atoms with Crippen LogP contribution in [0, 0.1) is 52.3 Å². The highest BCUT2D eigenvalue weighted by molar-refractivity contribution is 5.89. The average Bonchev–Trinajstić information content (AvgIpc) is 3.58. The maximum absolute atomic E-state index is 13.5. The molecule has 232 valence electrons. The van der Waals surface area contributed by atoms with Crippen molar-refractivity contribution in [1.29, 1.82) is 0 Å². The molecule has 6 rings (SSSR count). The Morgan fingerprint density at radius 3 is 2.38 bits per heavy atom. The zero-order chi connectivity index (χ0) is 29.7. The van der Waals surface area contributed by atoms with Gasteiger partial charge in [-0.3, -0.25) is 4.79 Å². The van der Waals surface area contributed by atoms with E-state index in [9.17, 15) is 14.7 Å². The summed E-state index contributed by atoms with van der Waals surface area (Å²) in [5, 5.41) is 9.34. The third kappa shape index (κ3) is 5.23. The Balaban J connectivity index is 1.25. The summed E-state index contributed by atoms with van der Waals surface area (Å²) in [7, 11) is 0. The predicted molar refractivity (Wildman–Crippen MR) is 161 cm³/mol. The quantitative estimate of drug-likeness (QED) is 0.317. The third-order valence-electron chi connectivity index (χ3n) is 13.2. The average molecular weight is 581 g/mol. The molecule has 0 amide bonds. The van der Waals surface area contributed by atoms with Crippen molar-refractivity contribution in [2.45, 2.75) is 110 Å². The van der Waals surface area contributed by atoms with Crippen molar-refractivity contribution in [1.82, 2.24) is 0 Å². The first kappa shape index (κ1) is 30.1. The van der Waals surface area contributed by atoms with E-state index in [4.69, 9.17) is 14.2 Å². The Bertz CT molecular complexity index is 1130. The first-order valence-electron chi connectivity index (χ1n) is 16.8. The number of carbonyl (C=O) groups excluding carboxylic acids is 1. The number of esters is 1. The molecule has 42 heavy (non-hydrogen) atoms. The van der Waals surface area contributed by atoms with Crippen LogP contribution in [-0.4, -0.2) is 42.1 Å². The summed E-state index contributed by atoms with van der Waals surface area (Å²) in [6, 6.07) is 9.50. The van der Waals surface area contributed by atoms with E-state index in [2.05, 4.69) is 20.8 Å². The van der Waals surface area contributed by atoms with Gasteiger partial charge in [0.2, 0.25) is 0 Å². The molecule has 10 atom stereocenters. The van der Waals surface area contributed by atoms with Crippen LogP contribution < -0.4 is 0 Å². The predicted octanol–water partition coefficient (Wildman–Crippen LogP) is 7.75. The second kappa shape index (κ2) is 11.5. The van der Waals surface area contributed by atoms with Gasteiger partial charge >= 0.3 is 11.9 Å². The van der Waals surface area contributed by atoms with Crippen molar-refractivity contribution in [3.63, 3.8) is 0 Å². The fourth-order valence-corrected chi connectivity index (χ4v) is 10.8. The van der Waals surface area contributed by atoms with E-state index >= 15 is 0 Å². The molecule has 1 heterocycles. The Hall–Kier alpha value is -1.92. The van der Waals surface area contributed by atoms with Crippen LogP contribution in [0.25, 0.3) is 0 Å². The van der Waals surface area contributed by atoms with Gasteiger partial charge in [0.15, 0.2) is 5.79 Å². The highest BCUT2D eigenvalue weighted by Crippen LogP contribution is 2.69. The van der Waals surface area contributed by atoms with Crippen molar-refractivity contribution in [3.8, 4) is 0 Å². The number of ether oxygens (including phenoxy) is 3. The van der Waals surface area contributed by atoms with Crippen LogP contribution in [0.3, 0.4) is 0 Å². The van der Waals surface area contributed by atoms with E-state index < -0.39 is 11.8 Å². The first-order valence-corrected chi connectivity index (χ1v) is 16.8. The van der Waals surface area contributed by atoms with Crippen molar-refractivity contribution in [2.75, 3.05) is 13.2 Å². The molecular weight excluding hydrogens is 528 g/mol. The van der Waals surface area contributed by atoms with Gasteiger partial charge in [-0.15, -0.1) is 0 Å². The number of hydrogen-bond donors (Lipinski definition) is 1. The number of carboxylic acids is 1. The fourth-order valence-electron chi connectivity index (χ4n) is 10.8. The normalized spacial score (nSPS) is 40.0. The molecule has 1 N–H and O–H groups in total. The number of fused-ring (bicyclic) bond motifs is 5. The largest absolute Gasteiger partial charge is 0.481 e. The van der Waals surface area contributed by atoms with E-state index in [0.29, 0.717) is 54.3 Å². The maximum Gasteiger partial charge on any atom is 0.338 e. The Kier molecular flexibility index (Phi) is 8.28. The van der Waals surface area contributed by atoms with Crippen LogP contribution in [0.5, 0.6) is 0 Å². The molecule has 0 bridgehead atoms. The minimum absolute atomic E-state index is 0.0903. The minimum Gasteiger partial charge on any atom is -0.481 e. The number of benzene rings is 1. The van der Waals surface area contributed by atoms with Crippen molar-refractivity contribution >= 4 is 11.9 Å². The van der Waals surface area contributed by atoms with Gasteiger partial charge in [-0.05, 0) is 97.5 Å². The summed E-state index contributed by atoms with van der Waals surface area (Å²) in [5.74, 6) is 1.48. The van der Waals surface area contributed by atoms with Crippen molar-refractivity contribution in [2.24, 2.45) is 52.3 Å². The third-order valence-corrected chi connectivity index (χ3v) is 13.2. The van der Waals surface area contributed by atoms with E-state index in [0.717, 1.165) is 44.9 Å². The van der Waals surface area contributed by atoms with Gasteiger partial charge in [-0.1, -0.05) is 58.7 Å². The SMILES string of the molecule is CC(CCC[C@@H](C)C1CCC2C3C(OC(=O)c4ccccc4)C[C@H]4CC5(CCC4(C)C3CCC21C)OCCO5)C(=O)O. The number of carbonyl (C=O) groups is 2. The van der Waals surface area contributed by atoms with Gasteiger partial charge in [0.1, 0.15) is 6.10 Å².